The van der Waals surface area contributed by atoms with Crippen LogP contribution in [0.15, 0.2) is 18.2 Å². The highest BCUT2D eigenvalue weighted by Crippen LogP contribution is 2.30. The first-order valence-electron chi connectivity index (χ1n) is 7.76. The second-order valence-corrected chi connectivity index (χ2v) is 6.55. The van der Waals surface area contributed by atoms with Gasteiger partial charge in [0, 0.05) is 25.8 Å². The summed E-state index contributed by atoms with van der Waals surface area (Å²) in [6.07, 6.45) is 5.47. The average Bonchev–Trinajstić information content (AvgIpc) is 2.97. The van der Waals surface area contributed by atoms with Gasteiger partial charge >= 0.3 is 0 Å². The number of nitrogens with zero attached hydrogens (tertiary/aromatic N) is 1. The normalized spacial score (nSPS) is 25.9. The van der Waals surface area contributed by atoms with Gasteiger partial charge in [-0.15, -0.1) is 0 Å². The molecule has 1 aromatic rings. The fourth-order valence-electron chi connectivity index (χ4n) is 3.66. The molecule has 3 rings (SSSR count). The molecule has 19 heavy (non-hydrogen) atoms. The van der Waals surface area contributed by atoms with Crippen LogP contribution in [0.3, 0.4) is 0 Å². The summed E-state index contributed by atoms with van der Waals surface area (Å²) < 4.78 is 0. The van der Waals surface area contributed by atoms with E-state index in [0.717, 1.165) is 18.4 Å². The summed E-state index contributed by atoms with van der Waals surface area (Å²) in [4.78, 5) is 2.35. The van der Waals surface area contributed by atoms with Crippen molar-refractivity contribution < 1.29 is 0 Å². The molecule has 0 saturated heterocycles. The van der Waals surface area contributed by atoms with Crippen LogP contribution in [0.25, 0.3) is 0 Å². The summed E-state index contributed by atoms with van der Waals surface area (Å²) in [6.45, 7) is 5.78. The van der Waals surface area contributed by atoms with Crippen molar-refractivity contribution in [2.75, 3.05) is 25.0 Å². The third kappa shape index (κ3) is 2.94. The SMILES string of the molecule is CC1CCC(CNCc2ccc3c(c2)CCN3C)C1. The molecule has 2 aliphatic rings. The van der Waals surface area contributed by atoms with E-state index in [0.29, 0.717) is 0 Å². The second-order valence-electron chi connectivity index (χ2n) is 6.55. The quantitative estimate of drug-likeness (QED) is 0.892. The summed E-state index contributed by atoms with van der Waals surface area (Å²) in [5, 5.41) is 3.65. The van der Waals surface area contributed by atoms with Gasteiger partial charge in [-0.25, -0.2) is 0 Å². The highest BCUT2D eigenvalue weighted by molar-refractivity contribution is 5.58. The molecule has 2 atom stereocenters. The summed E-state index contributed by atoms with van der Waals surface area (Å²) in [6, 6.07) is 6.96. The number of hydrogen-bond donors (Lipinski definition) is 1. The van der Waals surface area contributed by atoms with Gasteiger partial charge in [0.15, 0.2) is 0 Å². The number of fused-ring (bicyclic) bond motifs is 1. The summed E-state index contributed by atoms with van der Waals surface area (Å²) in [5.74, 6) is 1.86. The van der Waals surface area contributed by atoms with Crippen molar-refractivity contribution in [2.45, 2.75) is 39.2 Å². The topological polar surface area (TPSA) is 15.3 Å². The van der Waals surface area contributed by atoms with Crippen molar-refractivity contribution in [3.05, 3.63) is 29.3 Å². The van der Waals surface area contributed by atoms with Gasteiger partial charge in [0.05, 0.1) is 0 Å². The molecule has 1 aliphatic carbocycles. The van der Waals surface area contributed by atoms with Gasteiger partial charge in [-0.3, -0.25) is 0 Å². The zero-order valence-corrected chi connectivity index (χ0v) is 12.3. The van der Waals surface area contributed by atoms with Crippen molar-refractivity contribution in [2.24, 2.45) is 11.8 Å². The van der Waals surface area contributed by atoms with Gasteiger partial charge in [-0.2, -0.15) is 0 Å². The Labute approximate surface area is 117 Å². The van der Waals surface area contributed by atoms with Gasteiger partial charge < -0.3 is 10.2 Å². The molecule has 0 radical (unpaired) electrons. The van der Waals surface area contributed by atoms with Gasteiger partial charge in [0.1, 0.15) is 0 Å². The molecular weight excluding hydrogens is 232 g/mol. The number of rotatable bonds is 4. The fourth-order valence-corrected chi connectivity index (χ4v) is 3.66. The number of hydrogen-bond acceptors (Lipinski definition) is 2. The van der Waals surface area contributed by atoms with Crippen LogP contribution in [0.5, 0.6) is 0 Å². The van der Waals surface area contributed by atoms with E-state index in [1.165, 1.54) is 55.6 Å². The molecule has 1 fully saturated rings. The Balaban J connectivity index is 1.51. The van der Waals surface area contributed by atoms with E-state index in [1.807, 2.05) is 0 Å². The van der Waals surface area contributed by atoms with E-state index in [4.69, 9.17) is 0 Å². The van der Waals surface area contributed by atoms with Crippen LogP contribution in [-0.2, 0) is 13.0 Å². The maximum Gasteiger partial charge on any atom is 0.0397 e. The summed E-state index contributed by atoms with van der Waals surface area (Å²) in [5.41, 5.74) is 4.39. The van der Waals surface area contributed by atoms with E-state index >= 15 is 0 Å². The lowest BCUT2D eigenvalue weighted by Crippen LogP contribution is -2.21. The van der Waals surface area contributed by atoms with Crippen LogP contribution < -0.4 is 10.2 Å². The Morgan fingerprint density at radius 3 is 3.00 bits per heavy atom. The van der Waals surface area contributed by atoms with E-state index in [-0.39, 0.29) is 0 Å². The van der Waals surface area contributed by atoms with Gasteiger partial charge in [0.2, 0.25) is 0 Å². The van der Waals surface area contributed by atoms with Gasteiger partial charge in [-0.05, 0) is 54.8 Å². The Morgan fingerprint density at radius 1 is 1.32 bits per heavy atom. The van der Waals surface area contributed by atoms with Crippen molar-refractivity contribution >= 4 is 5.69 Å². The zero-order valence-electron chi connectivity index (χ0n) is 12.3. The highest BCUT2D eigenvalue weighted by Gasteiger charge is 2.20. The molecule has 1 heterocycles. The van der Waals surface area contributed by atoms with E-state index < -0.39 is 0 Å². The molecule has 1 aromatic carbocycles. The lowest BCUT2D eigenvalue weighted by molar-refractivity contribution is 0.470. The summed E-state index contributed by atoms with van der Waals surface area (Å²) >= 11 is 0. The average molecular weight is 258 g/mol. The number of likely N-dealkylation sites (N-methyl/N-ethyl adjacent to an activating group) is 1. The first-order valence-corrected chi connectivity index (χ1v) is 7.76. The van der Waals surface area contributed by atoms with Crippen molar-refractivity contribution in [1.29, 1.82) is 0 Å². The van der Waals surface area contributed by atoms with E-state index in [2.05, 4.69) is 42.4 Å². The van der Waals surface area contributed by atoms with Crippen LogP contribution in [0.4, 0.5) is 5.69 Å². The molecule has 0 aromatic heterocycles. The molecule has 104 valence electrons. The molecule has 0 spiro atoms. The van der Waals surface area contributed by atoms with Crippen LogP contribution in [0.1, 0.15) is 37.3 Å². The third-order valence-corrected chi connectivity index (χ3v) is 4.84. The van der Waals surface area contributed by atoms with Crippen molar-refractivity contribution in [3.8, 4) is 0 Å². The first-order chi connectivity index (χ1) is 9.22. The molecule has 1 N–H and O–H groups in total. The first kappa shape index (κ1) is 13.0. The van der Waals surface area contributed by atoms with Crippen molar-refractivity contribution in [3.63, 3.8) is 0 Å². The number of anilines is 1. The van der Waals surface area contributed by atoms with Crippen LogP contribution in [0, 0.1) is 11.8 Å². The number of benzene rings is 1. The summed E-state index contributed by atoms with van der Waals surface area (Å²) in [7, 11) is 2.19. The third-order valence-electron chi connectivity index (χ3n) is 4.84. The Kier molecular flexibility index (Phi) is 3.79. The largest absolute Gasteiger partial charge is 0.374 e. The molecule has 0 amide bonds. The zero-order chi connectivity index (χ0) is 13.2. The smallest absolute Gasteiger partial charge is 0.0397 e. The Morgan fingerprint density at radius 2 is 2.21 bits per heavy atom. The van der Waals surface area contributed by atoms with E-state index in [9.17, 15) is 0 Å². The predicted octanol–water partition coefficient (Wildman–Crippen LogP) is 3.20. The maximum absolute atomic E-state index is 3.65. The van der Waals surface area contributed by atoms with Gasteiger partial charge in [-0.1, -0.05) is 25.5 Å². The Hall–Kier alpha value is -1.02. The van der Waals surface area contributed by atoms with Crippen molar-refractivity contribution in [1.82, 2.24) is 5.32 Å². The van der Waals surface area contributed by atoms with Crippen LogP contribution >= 0.6 is 0 Å². The fraction of sp³-hybridized carbons (Fsp3) is 0.647. The molecule has 1 aliphatic heterocycles. The maximum atomic E-state index is 3.65. The second kappa shape index (κ2) is 5.54. The van der Waals surface area contributed by atoms with Crippen LogP contribution in [-0.4, -0.2) is 20.1 Å². The Bertz CT molecular complexity index is 441. The predicted molar refractivity (Wildman–Crippen MR) is 81.6 cm³/mol. The minimum absolute atomic E-state index is 0.913. The lowest BCUT2D eigenvalue weighted by atomic mass is 10.1. The minimum atomic E-state index is 0.913. The number of nitrogens with one attached hydrogen (secondary N) is 1. The monoisotopic (exact) mass is 258 g/mol. The molecule has 1 saturated carbocycles. The van der Waals surface area contributed by atoms with Gasteiger partial charge in [0.25, 0.3) is 0 Å². The van der Waals surface area contributed by atoms with Crippen LogP contribution in [0.2, 0.25) is 0 Å². The molecule has 2 nitrogen and oxygen atoms in total. The lowest BCUT2D eigenvalue weighted by Gasteiger charge is -2.13. The standard InChI is InChI=1S/C17H26N2/c1-13-3-4-14(9-13)11-18-12-15-5-6-17-16(10-15)7-8-19(17)2/h5-6,10,13-14,18H,3-4,7-9,11-12H2,1-2H3. The molecule has 2 heteroatoms. The minimum Gasteiger partial charge on any atom is -0.374 e. The van der Waals surface area contributed by atoms with E-state index in [1.54, 1.807) is 0 Å². The molecular formula is C17H26N2. The highest BCUT2D eigenvalue weighted by atomic mass is 15.1. The molecule has 0 bridgehead atoms. The molecule has 2 unspecified atom stereocenters.